The topological polar surface area (TPSA) is 21.3 Å². The van der Waals surface area contributed by atoms with Crippen molar-refractivity contribution in [3.63, 3.8) is 0 Å². The van der Waals surface area contributed by atoms with Gasteiger partial charge in [0, 0.05) is 24.1 Å². The van der Waals surface area contributed by atoms with Gasteiger partial charge in [-0.1, -0.05) is 18.5 Å². The van der Waals surface area contributed by atoms with Crippen molar-refractivity contribution in [3.05, 3.63) is 20.8 Å². The minimum Gasteiger partial charge on any atom is -0.381 e. The molecule has 4 heteroatoms. The first-order valence-electron chi connectivity index (χ1n) is 6.40. The summed E-state index contributed by atoms with van der Waals surface area (Å²) in [4.78, 5) is 1.47. The van der Waals surface area contributed by atoms with Crippen molar-refractivity contribution in [1.82, 2.24) is 5.32 Å². The summed E-state index contributed by atoms with van der Waals surface area (Å²) in [5.41, 5.74) is 1.43. The molecule has 0 aliphatic heterocycles. The van der Waals surface area contributed by atoms with Crippen LogP contribution in [0.5, 0.6) is 0 Å². The van der Waals surface area contributed by atoms with Crippen LogP contribution in [0.25, 0.3) is 0 Å². The molecule has 1 aliphatic carbocycles. The van der Waals surface area contributed by atoms with E-state index < -0.39 is 0 Å². The highest BCUT2D eigenvalue weighted by Crippen LogP contribution is 2.39. The Morgan fingerprint density at radius 3 is 3.24 bits per heavy atom. The van der Waals surface area contributed by atoms with Crippen LogP contribution in [0, 0.1) is 0 Å². The highest BCUT2D eigenvalue weighted by Gasteiger charge is 2.24. The minimum absolute atomic E-state index is 0.514. The van der Waals surface area contributed by atoms with E-state index in [-0.39, 0.29) is 0 Å². The van der Waals surface area contributed by atoms with E-state index >= 15 is 0 Å². The van der Waals surface area contributed by atoms with E-state index in [2.05, 4.69) is 18.3 Å². The molecule has 1 N–H and O–H groups in total. The van der Waals surface area contributed by atoms with Gasteiger partial charge in [-0.05, 0) is 43.9 Å². The molecule has 1 unspecified atom stereocenters. The quantitative estimate of drug-likeness (QED) is 0.763. The highest BCUT2D eigenvalue weighted by atomic mass is 35.5. The highest BCUT2D eigenvalue weighted by molar-refractivity contribution is 7.16. The summed E-state index contributed by atoms with van der Waals surface area (Å²) in [5, 5.41) is 3.60. The van der Waals surface area contributed by atoms with E-state index in [1.165, 1.54) is 23.3 Å². The van der Waals surface area contributed by atoms with Gasteiger partial charge in [0.2, 0.25) is 0 Å². The summed E-state index contributed by atoms with van der Waals surface area (Å²) in [5.74, 6) is 0. The molecule has 1 aromatic rings. The second-order valence-corrected chi connectivity index (χ2v) is 6.21. The van der Waals surface area contributed by atoms with E-state index in [1.807, 2.05) is 0 Å². The molecule has 0 spiro atoms. The van der Waals surface area contributed by atoms with Crippen LogP contribution in [0.15, 0.2) is 6.07 Å². The molecule has 2 rings (SSSR count). The molecule has 0 bridgehead atoms. The fourth-order valence-electron chi connectivity index (χ4n) is 2.24. The van der Waals surface area contributed by atoms with E-state index in [1.54, 1.807) is 11.3 Å². The van der Waals surface area contributed by atoms with Crippen LogP contribution in [-0.2, 0) is 11.2 Å². The monoisotopic (exact) mass is 273 g/mol. The van der Waals surface area contributed by atoms with Gasteiger partial charge in [0.1, 0.15) is 0 Å². The van der Waals surface area contributed by atoms with Crippen LogP contribution in [0.2, 0.25) is 4.34 Å². The summed E-state index contributed by atoms with van der Waals surface area (Å²) < 4.78 is 6.39. The second-order valence-electron chi connectivity index (χ2n) is 4.44. The molecule has 1 atom stereocenters. The first-order valence-corrected chi connectivity index (χ1v) is 7.60. The number of nitrogens with one attached hydrogen (secondary N) is 1. The van der Waals surface area contributed by atoms with Gasteiger partial charge in [-0.3, -0.25) is 0 Å². The summed E-state index contributed by atoms with van der Waals surface area (Å²) >= 11 is 7.76. The third kappa shape index (κ3) is 3.68. The van der Waals surface area contributed by atoms with Crippen molar-refractivity contribution in [2.45, 2.75) is 38.6 Å². The average molecular weight is 274 g/mol. The molecular weight excluding hydrogens is 254 g/mol. The lowest BCUT2D eigenvalue weighted by Gasteiger charge is -2.12. The molecule has 17 heavy (non-hydrogen) atoms. The van der Waals surface area contributed by atoms with Crippen molar-refractivity contribution < 1.29 is 4.74 Å². The van der Waals surface area contributed by atoms with Crippen LogP contribution in [0.4, 0.5) is 0 Å². The van der Waals surface area contributed by atoms with E-state index in [9.17, 15) is 0 Å². The zero-order valence-electron chi connectivity index (χ0n) is 10.3. The Hall–Kier alpha value is -0.0900. The maximum atomic E-state index is 6.03. The number of ether oxygens (including phenoxy) is 1. The number of rotatable bonds is 7. The van der Waals surface area contributed by atoms with Crippen molar-refractivity contribution in [1.29, 1.82) is 0 Å². The third-order valence-corrected chi connectivity index (χ3v) is 4.39. The molecule has 1 aromatic heterocycles. The number of fused-ring (bicyclic) bond motifs is 1. The molecule has 0 saturated heterocycles. The minimum atomic E-state index is 0.514. The van der Waals surface area contributed by atoms with Crippen molar-refractivity contribution >= 4 is 22.9 Å². The standard InChI is InChI=1S/C13H20ClNOS/c1-2-7-16-8-3-6-15-11-4-5-12-10(11)9-13(14)17-12/h9,11,15H,2-8H2,1H3. The first-order chi connectivity index (χ1) is 8.31. The van der Waals surface area contributed by atoms with Gasteiger partial charge in [0.15, 0.2) is 0 Å². The molecule has 0 aromatic carbocycles. The maximum absolute atomic E-state index is 6.03. The second kappa shape index (κ2) is 6.74. The van der Waals surface area contributed by atoms with Gasteiger partial charge in [0.05, 0.1) is 4.34 Å². The number of hydrogen-bond acceptors (Lipinski definition) is 3. The van der Waals surface area contributed by atoms with E-state index in [0.29, 0.717) is 6.04 Å². The van der Waals surface area contributed by atoms with Gasteiger partial charge in [0.25, 0.3) is 0 Å². The molecule has 0 radical (unpaired) electrons. The molecular formula is C13H20ClNOS. The number of thiophene rings is 1. The lowest BCUT2D eigenvalue weighted by Crippen LogP contribution is -2.21. The van der Waals surface area contributed by atoms with Gasteiger partial charge < -0.3 is 10.1 Å². The molecule has 1 aliphatic rings. The van der Waals surface area contributed by atoms with E-state index in [0.717, 1.165) is 36.9 Å². The van der Waals surface area contributed by atoms with Crippen LogP contribution >= 0.6 is 22.9 Å². The zero-order valence-corrected chi connectivity index (χ0v) is 11.9. The smallest absolute Gasteiger partial charge is 0.0934 e. The van der Waals surface area contributed by atoms with Crippen molar-refractivity contribution in [3.8, 4) is 0 Å². The summed E-state index contributed by atoms with van der Waals surface area (Å²) in [6.07, 6.45) is 4.58. The predicted octanol–water partition coefficient (Wildman–Crippen LogP) is 3.80. The molecule has 0 fully saturated rings. The van der Waals surface area contributed by atoms with Crippen LogP contribution < -0.4 is 5.32 Å². The molecule has 96 valence electrons. The Bertz CT molecular complexity index is 353. The third-order valence-electron chi connectivity index (χ3n) is 3.05. The van der Waals surface area contributed by atoms with Crippen molar-refractivity contribution in [2.24, 2.45) is 0 Å². The summed E-state index contributed by atoms with van der Waals surface area (Å²) in [6.45, 7) is 4.92. The average Bonchev–Trinajstić information content (AvgIpc) is 2.83. The fraction of sp³-hybridized carbons (Fsp3) is 0.692. The van der Waals surface area contributed by atoms with E-state index in [4.69, 9.17) is 16.3 Å². The Balaban J connectivity index is 1.67. The lowest BCUT2D eigenvalue weighted by atomic mass is 10.2. The SMILES string of the molecule is CCCOCCCNC1CCc2sc(Cl)cc21. The Morgan fingerprint density at radius 2 is 2.41 bits per heavy atom. The Kier molecular flexibility index (Phi) is 5.29. The Labute approximate surface area is 112 Å². The number of halogens is 1. The lowest BCUT2D eigenvalue weighted by molar-refractivity contribution is 0.131. The van der Waals surface area contributed by atoms with Crippen LogP contribution in [0.3, 0.4) is 0 Å². The van der Waals surface area contributed by atoms with Gasteiger partial charge >= 0.3 is 0 Å². The summed E-state index contributed by atoms with van der Waals surface area (Å²) in [7, 11) is 0. The molecule has 2 nitrogen and oxygen atoms in total. The van der Waals surface area contributed by atoms with Gasteiger partial charge in [-0.15, -0.1) is 11.3 Å². The van der Waals surface area contributed by atoms with Gasteiger partial charge in [-0.2, -0.15) is 0 Å². The largest absolute Gasteiger partial charge is 0.381 e. The zero-order chi connectivity index (χ0) is 12.1. The Morgan fingerprint density at radius 1 is 1.53 bits per heavy atom. The number of aryl methyl sites for hydroxylation is 1. The van der Waals surface area contributed by atoms with Crippen LogP contribution in [0.1, 0.15) is 42.7 Å². The maximum Gasteiger partial charge on any atom is 0.0934 e. The molecule has 0 amide bonds. The first kappa shape index (κ1) is 13.3. The van der Waals surface area contributed by atoms with Gasteiger partial charge in [-0.25, -0.2) is 0 Å². The predicted molar refractivity (Wildman–Crippen MR) is 74.1 cm³/mol. The molecule has 0 saturated carbocycles. The molecule has 1 heterocycles. The normalized spacial score (nSPS) is 18.6. The van der Waals surface area contributed by atoms with Crippen LogP contribution in [-0.4, -0.2) is 19.8 Å². The van der Waals surface area contributed by atoms with Crippen molar-refractivity contribution in [2.75, 3.05) is 19.8 Å². The summed E-state index contributed by atoms with van der Waals surface area (Å²) in [6, 6.07) is 2.64. The fourth-order valence-corrected chi connectivity index (χ4v) is 3.60. The number of hydrogen-bond donors (Lipinski definition) is 1.